The Balaban J connectivity index is 1.57. The summed E-state index contributed by atoms with van der Waals surface area (Å²) >= 11 is 0. The lowest BCUT2D eigenvalue weighted by Crippen LogP contribution is -2.42. The molecule has 3 rings (SSSR count). The molecular weight excluding hydrogens is 318 g/mol. The summed E-state index contributed by atoms with van der Waals surface area (Å²) in [7, 11) is 0. The number of aromatic carboxylic acids is 1. The van der Waals surface area contributed by atoms with Gasteiger partial charge < -0.3 is 9.84 Å². The largest absolute Gasteiger partial charge is 0.478 e. The molecule has 0 radical (unpaired) electrons. The third-order valence-electron chi connectivity index (χ3n) is 4.45. The van der Waals surface area contributed by atoms with Crippen LogP contribution < -0.4 is 0 Å². The van der Waals surface area contributed by atoms with Crippen LogP contribution in [0.3, 0.4) is 0 Å². The monoisotopic (exact) mass is 341 g/mol. The van der Waals surface area contributed by atoms with Crippen molar-refractivity contribution in [2.24, 2.45) is 0 Å². The zero-order chi connectivity index (χ0) is 17.6. The molecule has 0 aliphatic carbocycles. The fourth-order valence-electron chi connectivity index (χ4n) is 3.16. The Bertz CT molecular complexity index is 735. The predicted octanol–water partition coefficient (Wildman–Crippen LogP) is 2.32. The molecule has 1 aliphatic heterocycles. The van der Waals surface area contributed by atoms with Crippen molar-refractivity contribution in [2.75, 3.05) is 19.7 Å². The molecule has 1 saturated heterocycles. The minimum atomic E-state index is -0.875. The number of carboxylic acid groups (broad SMARTS) is 1. The molecule has 1 atom stereocenters. The van der Waals surface area contributed by atoms with Crippen molar-refractivity contribution in [3.63, 3.8) is 0 Å². The number of aryl methyl sites for hydroxylation is 2. The van der Waals surface area contributed by atoms with E-state index in [1.54, 1.807) is 18.5 Å². The fraction of sp³-hybridized carbons (Fsp3) is 0.421. The Morgan fingerprint density at radius 1 is 1.36 bits per heavy atom. The molecule has 6 heteroatoms. The Morgan fingerprint density at radius 2 is 2.20 bits per heavy atom. The molecule has 2 heterocycles. The Morgan fingerprint density at radius 3 is 3.00 bits per heavy atom. The van der Waals surface area contributed by atoms with Gasteiger partial charge in [-0.15, -0.1) is 0 Å². The van der Waals surface area contributed by atoms with Gasteiger partial charge in [0.05, 0.1) is 18.3 Å². The Hall–Kier alpha value is -2.31. The highest BCUT2D eigenvalue weighted by molar-refractivity contribution is 5.89. The summed E-state index contributed by atoms with van der Waals surface area (Å²) in [6.07, 6.45) is 3.49. The first-order valence-corrected chi connectivity index (χ1v) is 8.54. The lowest BCUT2D eigenvalue weighted by atomic mass is 10.1. The second-order valence-electron chi connectivity index (χ2n) is 6.38. The molecular formula is C19H23N3O3. The van der Waals surface area contributed by atoms with E-state index in [9.17, 15) is 9.90 Å². The van der Waals surface area contributed by atoms with Crippen LogP contribution in [-0.2, 0) is 17.7 Å². The van der Waals surface area contributed by atoms with Crippen LogP contribution in [0.25, 0.3) is 0 Å². The van der Waals surface area contributed by atoms with Crippen molar-refractivity contribution >= 4 is 5.97 Å². The summed E-state index contributed by atoms with van der Waals surface area (Å²) in [5, 5.41) is 9.32. The molecule has 1 aromatic heterocycles. The van der Waals surface area contributed by atoms with E-state index in [4.69, 9.17) is 4.74 Å². The van der Waals surface area contributed by atoms with Crippen LogP contribution in [0.5, 0.6) is 0 Å². The van der Waals surface area contributed by atoms with Crippen LogP contribution in [0, 0.1) is 6.92 Å². The number of aromatic nitrogens is 2. The van der Waals surface area contributed by atoms with Crippen molar-refractivity contribution in [1.82, 2.24) is 14.9 Å². The van der Waals surface area contributed by atoms with Crippen molar-refractivity contribution in [3.05, 3.63) is 59.2 Å². The fourth-order valence-corrected chi connectivity index (χ4v) is 3.16. The van der Waals surface area contributed by atoms with Crippen LogP contribution >= 0.6 is 0 Å². The summed E-state index contributed by atoms with van der Waals surface area (Å²) in [6, 6.07) is 9.20. The topological polar surface area (TPSA) is 75.6 Å². The van der Waals surface area contributed by atoms with Crippen LogP contribution in [-0.4, -0.2) is 51.7 Å². The third-order valence-corrected chi connectivity index (χ3v) is 4.45. The van der Waals surface area contributed by atoms with Gasteiger partial charge in [-0.25, -0.2) is 14.8 Å². The van der Waals surface area contributed by atoms with Gasteiger partial charge in [0.15, 0.2) is 0 Å². The number of morpholine rings is 1. The molecule has 0 saturated carbocycles. The Labute approximate surface area is 147 Å². The van der Waals surface area contributed by atoms with Gasteiger partial charge in [0.2, 0.25) is 0 Å². The molecule has 25 heavy (non-hydrogen) atoms. The standard InChI is InChI=1S/C19H23N3O3/c1-14-10-16(21-13-20-14)6-7-17-12-22(8-9-25-17)11-15-4-2-3-5-18(15)19(23)24/h2-5,10,13,17H,6-9,11-12H2,1H3,(H,23,24)/t17-/m1/s1. The summed E-state index contributed by atoms with van der Waals surface area (Å²) < 4.78 is 5.87. The normalized spacial score (nSPS) is 18.2. The molecule has 0 unspecified atom stereocenters. The predicted molar refractivity (Wildman–Crippen MR) is 93.5 cm³/mol. The highest BCUT2D eigenvalue weighted by Crippen LogP contribution is 2.17. The third kappa shape index (κ3) is 4.84. The summed E-state index contributed by atoms with van der Waals surface area (Å²) in [4.78, 5) is 22.0. The molecule has 1 aromatic carbocycles. The molecule has 0 amide bonds. The van der Waals surface area contributed by atoms with Crippen molar-refractivity contribution in [3.8, 4) is 0 Å². The molecule has 6 nitrogen and oxygen atoms in total. The van der Waals surface area contributed by atoms with Crippen LogP contribution in [0.1, 0.15) is 33.7 Å². The lowest BCUT2D eigenvalue weighted by Gasteiger charge is -2.33. The number of hydrogen-bond donors (Lipinski definition) is 1. The van der Waals surface area contributed by atoms with E-state index in [1.165, 1.54) is 0 Å². The molecule has 1 aliphatic rings. The van der Waals surface area contributed by atoms with E-state index in [-0.39, 0.29) is 6.10 Å². The molecule has 1 fully saturated rings. The number of rotatable bonds is 6. The SMILES string of the molecule is Cc1cc(CC[C@@H]2CN(Cc3ccccc3C(=O)O)CCO2)ncn1. The zero-order valence-electron chi connectivity index (χ0n) is 14.4. The van der Waals surface area contributed by atoms with Gasteiger partial charge in [0, 0.05) is 31.0 Å². The second kappa shape index (κ2) is 8.18. The molecule has 0 bridgehead atoms. The average Bonchev–Trinajstić information content (AvgIpc) is 2.61. The van der Waals surface area contributed by atoms with Gasteiger partial charge in [0.25, 0.3) is 0 Å². The first-order chi connectivity index (χ1) is 12.1. The molecule has 1 N–H and O–H groups in total. The van der Waals surface area contributed by atoms with Crippen molar-refractivity contribution < 1.29 is 14.6 Å². The van der Waals surface area contributed by atoms with E-state index in [2.05, 4.69) is 14.9 Å². The Kier molecular flexibility index (Phi) is 5.73. The summed E-state index contributed by atoms with van der Waals surface area (Å²) in [5.74, 6) is -0.875. The number of nitrogens with zero attached hydrogens (tertiary/aromatic N) is 3. The van der Waals surface area contributed by atoms with Gasteiger partial charge in [0.1, 0.15) is 6.33 Å². The highest BCUT2D eigenvalue weighted by Gasteiger charge is 2.22. The van der Waals surface area contributed by atoms with Crippen molar-refractivity contribution in [1.29, 1.82) is 0 Å². The maximum absolute atomic E-state index is 11.4. The average molecular weight is 341 g/mol. The van der Waals surface area contributed by atoms with Crippen LogP contribution in [0.2, 0.25) is 0 Å². The first-order valence-electron chi connectivity index (χ1n) is 8.54. The van der Waals surface area contributed by atoms with Gasteiger partial charge in [-0.05, 0) is 37.5 Å². The van der Waals surface area contributed by atoms with Crippen LogP contribution in [0.4, 0.5) is 0 Å². The first kappa shape index (κ1) is 17.5. The maximum atomic E-state index is 11.4. The smallest absolute Gasteiger partial charge is 0.336 e. The van der Waals surface area contributed by atoms with E-state index in [1.807, 2.05) is 25.1 Å². The molecule has 132 valence electrons. The summed E-state index contributed by atoms with van der Waals surface area (Å²) in [6.45, 7) is 4.89. The highest BCUT2D eigenvalue weighted by atomic mass is 16.5. The van der Waals surface area contributed by atoms with Gasteiger partial charge >= 0.3 is 5.97 Å². The lowest BCUT2D eigenvalue weighted by molar-refractivity contribution is -0.0347. The van der Waals surface area contributed by atoms with Gasteiger partial charge in [-0.3, -0.25) is 4.90 Å². The second-order valence-corrected chi connectivity index (χ2v) is 6.38. The van der Waals surface area contributed by atoms with Crippen LogP contribution in [0.15, 0.2) is 36.7 Å². The minimum Gasteiger partial charge on any atom is -0.478 e. The number of carboxylic acids is 1. The van der Waals surface area contributed by atoms with Gasteiger partial charge in [-0.2, -0.15) is 0 Å². The number of benzene rings is 1. The van der Waals surface area contributed by atoms with E-state index in [0.717, 1.165) is 42.9 Å². The van der Waals surface area contributed by atoms with E-state index >= 15 is 0 Å². The minimum absolute atomic E-state index is 0.140. The van der Waals surface area contributed by atoms with Crippen molar-refractivity contribution in [2.45, 2.75) is 32.4 Å². The zero-order valence-corrected chi connectivity index (χ0v) is 14.4. The molecule has 0 spiro atoms. The quantitative estimate of drug-likeness (QED) is 0.869. The molecule has 2 aromatic rings. The number of ether oxygens (including phenoxy) is 1. The number of hydrogen-bond acceptors (Lipinski definition) is 5. The summed E-state index contributed by atoms with van der Waals surface area (Å²) in [5.41, 5.74) is 3.23. The van der Waals surface area contributed by atoms with E-state index < -0.39 is 5.97 Å². The number of carbonyl (C=O) groups is 1. The maximum Gasteiger partial charge on any atom is 0.336 e. The van der Waals surface area contributed by atoms with Gasteiger partial charge in [-0.1, -0.05) is 18.2 Å². The van der Waals surface area contributed by atoms with E-state index in [0.29, 0.717) is 18.7 Å².